The number of nitrogens with zero attached hydrogens (tertiary/aromatic N) is 1. The minimum atomic E-state index is -3.44. The molecule has 1 aliphatic heterocycles. The number of sulfonamides is 1. The minimum absolute atomic E-state index is 0.0642. The molecule has 2 rings (SSSR count). The van der Waals surface area contributed by atoms with Gasteiger partial charge in [-0.25, -0.2) is 8.42 Å². The van der Waals surface area contributed by atoms with E-state index in [1.807, 2.05) is 26.0 Å². The van der Waals surface area contributed by atoms with Crippen LogP contribution in [0.3, 0.4) is 0 Å². The van der Waals surface area contributed by atoms with Crippen LogP contribution in [0, 0.1) is 5.92 Å². The fraction of sp³-hybridized carbons (Fsp3) is 0.600. The van der Waals surface area contributed by atoms with Crippen LogP contribution in [0.15, 0.2) is 27.6 Å². The van der Waals surface area contributed by atoms with E-state index in [2.05, 4.69) is 28.2 Å². The summed E-state index contributed by atoms with van der Waals surface area (Å²) in [6, 6.07) is 5.61. The van der Waals surface area contributed by atoms with E-state index >= 15 is 0 Å². The van der Waals surface area contributed by atoms with Crippen molar-refractivity contribution in [3.05, 3.63) is 28.2 Å². The van der Waals surface area contributed by atoms with Gasteiger partial charge in [0.1, 0.15) is 0 Å². The van der Waals surface area contributed by atoms with Crippen LogP contribution in [-0.4, -0.2) is 31.9 Å². The average Bonchev–Trinajstić information content (AvgIpc) is 2.77. The summed E-state index contributed by atoms with van der Waals surface area (Å²) in [5.41, 5.74) is 0.985. The second kappa shape index (κ2) is 6.77. The third-order valence-corrected chi connectivity index (χ3v) is 6.86. The molecular weight excluding hydrogens is 352 g/mol. The van der Waals surface area contributed by atoms with Crippen molar-refractivity contribution in [1.82, 2.24) is 9.62 Å². The molecule has 1 aromatic carbocycles. The summed E-state index contributed by atoms with van der Waals surface area (Å²) in [6.45, 7) is 8.26. The maximum absolute atomic E-state index is 12.9. The zero-order chi connectivity index (χ0) is 15.6. The molecule has 1 aromatic rings. The molecule has 6 heteroatoms. The number of hydrogen-bond acceptors (Lipinski definition) is 3. The Morgan fingerprint density at radius 2 is 2.10 bits per heavy atom. The SMILES string of the molecule is CCNCc1ccc(Br)c(S(=O)(=O)N2CC(C)CC2C)c1. The van der Waals surface area contributed by atoms with E-state index in [4.69, 9.17) is 0 Å². The fourth-order valence-electron chi connectivity index (χ4n) is 2.85. The maximum Gasteiger partial charge on any atom is 0.244 e. The Morgan fingerprint density at radius 3 is 2.67 bits per heavy atom. The smallest absolute Gasteiger partial charge is 0.244 e. The third kappa shape index (κ3) is 3.67. The van der Waals surface area contributed by atoms with Crippen molar-refractivity contribution < 1.29 is 8.42 Å². The van der Waals surface area contributed by atoms with Crippen LogP contribution in [0.4, 0.5) is 0 Å². The number of benzene rings is 1. The molecule has 1 N–H and O–H groups in total. The van der Waals surface area contributed by atoms with Crippen LogP contribution >= 0.6 is 15.9 Å². The summed E-state index contributed by atoms with van der Waals surface area (Å²) < 4.78 is 28.1. The first-order chi connectivity index (χ1) is 9.86. The van der Waals surface area contributed by atoms with Crippen molar-refractivity contribution in [2.24, 2.45) is 5.92 Å². The molecule has 0 aromatic heterocycles. The van der Waals surface area contributed by atoms with E-state index in [-0.39, 0.29) is 6.04 Å². The molecule has 4 nitrogen and oxygen atoms in total. The lowest BCUT2D eigenvalue weighted by Crippen LogP contribution is -2.34. The largest absolute Gasteiger partial charge is 0.313 e. The van der Waals surface area contributed by atoms with Crippen LogP contribution in [0.25, 0.3) is 0 Å². The molecule has 1 saturated heterocycles. The maximum atomic E-state index is 12.9. The second-order valence-electron chi connectivity index (χ2n) is 5.81. The molecule has 1 heterocycles. The summed E-state index contributed by atoms with van der Waals surface area (Å²) in [6.07, 6.45) is 0.925. The first-order valence-corrected chi connectivity index (χ1v) is 9.60. The van der Waals surface area contributed by atoms with Gasteiger partial charge in [0.25, 0.3) is 0 Å². The van der Waals surface area contributed by atoms with Gasteiger partial charge in [0.05, 0.1) is 4.90 Å². The summed E-state index contributed by atoms with van der Waals surface area (Å²) in [4.78, 5) is 0.374. The molecule has 0 spiro atoms. The van der Waals surface area contributed by atoms with E-state index in [1.54, 1.807) is 10.4 Å². The van der Waals surface area contributed by atoms with E-state index in [0.29, 0.717) is 28.4 Å². The molecular formula is C15H23BrN2O2S. The van der Waals surface area contributed by atoms with Crippen molar-refractivity contribution >= 4 is 26.0 Å². The lowest BCUT2D eigenvalue weighted by Gasteiger charge is -2.22. The Labute approximate surface area is 136 Å². The number of halogens is 1. The zero-order valence-electron chi connectivity index (χ0n) is 12.8. The van der Waals surface area contributed by atoms with Gasteiger partial charge in [-0.15, -0.1) is 0 Å². The highest BCUT2D eigenvalue weighted by atomic mass is 79.9. The highest BCUT2D eigenvalue weighted by molar-refractivity contribution is 9.10. The van der Waals surface area contributed by atoms with Gasteiger partial charge in [-0.3, -0.25) is 0 Å². The van der Waals surface area contributed by atoms with Crippen molar-refractivity contribution in [2.75, 3.05) is 13.1 Å². The van der Waals surface area contributed by atoms with E-state index in [0.717, 1.165) is 18.5 Å². The highest BCUT2D eigenvalue weighted by Crippen LogP contribution is 2.32. The molecule has 2 atom stereocenters. The number of rotatable bonds is 5. The average molecular weight is 375 g/mol. The molecule has 1 fully saturated rings. The Kier molecular flexibility index (Phi) is 5.46. The normalized spacial score (nSPS) is 23.6. The molecule has 21 heavy (non-hydrogen) atoms. The number of hydrogen-bond donors (Lipinski definition) is 1. The Hall–Kier alpha value is -0.430. The van der Waals surface area contributed by atoms with Gasteiger partial charge in [-0.2, -0.15) is 4.31 Å². The third-order valence-electron chi connectivity index (χ3n) is 3.89. The Morgan fingerprint density at radius 1 is 1.38 bits per heavy atom. The summed E-state index contributed by atoms with van der Waals surface area (Å²) in [5.74, 6) is 0.415. The molecule has 2 unspecified atom stereocenters. The van der Waals surface area contributed by atoms with Crippen LogP contribution in [0.2, 0.25) is 0 Å². The van der Waals surface area contributed by atoms with Gasteiger partial charge in [0, 0.05) is 23.6 Å². The molecule has 0 aliphatic carbocycles. The standard InChI is InChI=1S/C15H23BrN2O2S/c1-4-17-9-13-5-6-14(16)15(8-13)21(19,20)18-10-11(2)7-12(18)3/h5-6,8,11-12,17H,4,7,9-10H2,1-3H3. The number of nitrogens with one attached hydrogen (secondary N) is 1. The zero-order valence-corrected chi connectivity index (χ0v) is 15.2. The van der Waals surface area contributed by atoms with Crippen molar-refractivity contribution in [1.29, 1.82) is 0 Å². The lowest BCUT2D eigenvalue weighted by atomic mass is 10.1. The van der Waals surface area contributed by atoms with Crippen molar-refractivity contribution in [2.45, 2.75) is 44.7 Å². The molecule has 0 bridgehead atoms. The Bertz CT molecular complexity index is 604. The van der Waals surface area contributed by atoms with Gasteiger partial charge in [0.15, 0.2) is 0 Å². The fourth-order valence-corrected chi connectivity index (χ4v) is 5.59. The molecule has 0 saturated carbocycles. The van der Waals surface area contributed by atoms with Gasteiger partial charge in [-0.1, -0.05) is 19.9 Å². The minimum Gasteiger partial charge on any atom is -0.313 e. The van der Waals surface area contributed by atoms with Crippen molar-refractivity contribution in [3.63, 3.8) is 0 Å². The molecule has 0 radical (unpaired) electrons. The summed E-state index contributed by atoms with van der Waals surface area (Å²) in [5, 5.41) is 3.22. The van der Waals surface area contributed by atoms with E-state index < -0.39 is 10.0 Å². The first kappa shape index (κ1) is 16.9. The van der Waals surface area contributed by atoms with Crippen LogP contribution < -0.4 is 5.32 Å². The van der Waals surface area contributed by atoms with Crippen LogP contribution in [0.5, 0.6) is 0 Å². The Balaban J connectivity index is 2.35. The molecule has 118 valence electrons. The van der Waals surface area contributed by atoms with E-state index in [9.17, 15) is 8.42 Å². The predicted octanol–water partition coefficient (Wildman–Crippen LogP) is 2.98. The monoisotopic (exact) mass is 374 g/mol. The van der Waals surface area contributed by atoms with E-state index in [1.165, 1.54) is 0 Å². The molecule has 1 aliphatic rings. The quantitative estimate of drug-likeness (QED) is 0.861. The van der Waals surface area contributed by atoms with Gasteiger partial charge < -0.3 is 5.32 Å². The first-order valence-electron chi connectivity index (χ1n) is 7.37. The van der Waals surface area contributed by atoms with Gasteiger partial charge >= 0.3 is 0 Å². The second-order valence-corrected chi connectivity index (χ2v) is 8.52. The summed E-state index contributed by atoms with van der Waals surface area (Å²) in [7, 11) is -3.44. The van der Waals surface area contributed by atoms with Gasteiger partial charge in [0.2, 0.25) is 10.0 Å². The lowest BCUT2D eigenvalue weighted by molar-refractivity contribution is 0.405. The highest BCUT2D eigenvalue weighted by Gasteiger charge is 2.37. The predicted molar refractivity (Wildman–Crippen MR) is 88.7 cm³/mol. The van der Waals surface area contributed by atoms with Crippen molar-refractivity contribution in [3.8, 4) is 0 Å². The molecule has 0 amide bonds. The van der Waals surface area contributed by atoms with Crippen LogP contribution in [0.1, 0.15) is 32.8 Å². The van der Waals surface area contributed by atoms with Gasteiger partial charge in [-0.05, 0) is 59.4 Å². The van der Waals surface area contributed by atoms with Crippen LogP contribution in [-0.2, 0) is 16.6 Å². The topological polar surface area (TPSA) is 49.4 Å². The summed E-state index contributed by atoms with van der Waals surface area (Å²) >= 11 is 3.39.